The van der Waals surface area contributed by atoms with Crippen molar-refractivity contribution in [1.29, 1.82) is 0 Å². The van der Waals surface area contributed by atoms with E-state index in [1.165, 1.54) is 70.8 Å². The number of nitrogens with zero attached hydrogens (tertiary/aromatic N) is 8. The second-order valence-corrected chi connectivity index (χ2v) is 31.1. The van der Waals surface area contributed by atoms with Crippen LogP contribution in [0, 0.1) is 47.9 Å². The van der Waals surface area contributed by atoms with Crippen LogP contribution in [0.15, 0.2) is 0 Å². The number of hydrogen-bond acceptors (Lipinski definition) is 12. The molecule has 5 fully saturated rings. The Morgan fingerprint density at radius 2 is 1.24 bits per heavy atom. The van der Waals surface area contributed by atoms with Gasteiger partial charge in [0.05, 0.1) is 25.4 Å². The summed E-state index contributed by atoms with van der Waals surface area (Å²) in [6.07, 6.45) is 6.48. The number of nitrogens with one attached hydrogen (secondary N) is 4. The number of amides is 12. The van der Waals surface area contributed by atoms with Gasteiger partial charge >= 0.3 is 6.18 Å². The average Bonchev–Trinajstić information content (AvgIpc) is 0.820. The second-order valence-electron chi connectivity index (χ2n) is 29.4. The molecule has 5 rings (SSSR count). The molecular formula is C69H110F3IN12O12. The first-order valence-corrected chi connectivity index (χ1v) is 36.1. The van der Waals surface area contributed by atoms with Crippen LogP contribution in [-0.4, -0.2) is 249 Å². The summed E-state index contributed by atoms with van der Waals surface area (Å²) in [5.74, 6) is -9.02. The topological polar surface area (TPSA) is 279 Å². The molecule has 2 aliphatic carbocycles. The molecule has 4 N–H and O–H groups in total. The minimum absolute atomic E-state index is 0.0502. The number of carbonyl (C=O) groups is 12. The molecule has 24 nitrogen and oxygen atoms in total. The lowest BCUT2D eigenvalue weighted by Gasteiger charge is -2.44. The van der Waals surface area contributed by atoms with Gasteiger partial charge in [0.25, 0.3) is 0 Å². The molecule has 28 heteroatoms. The Bertz CT molecular complexity index is 2860. The molecule has 3 heterocycles. The molecule has 0 bridgehead atoms. The first-order chi connectivity index (χ1) is 45.3. The molecule has 2 unspecified atom stereocenters. The highest BCUT2D eigenvalue weighted by Gasteiger charge is 2.48. The van der Waals surface area contributed by atoms with Crippen molar-refractivity contribution in [3.63, 3.8) is 0 Å². The number of alkyl halides is 4. The van der Waals surface area contributed by atoms with E-state index in [0.29, 0.717) is 38.8 Å². The number of terminal acetylenes is 1. The number of piperidine rings is 1. The van der Waals surface area contributed by atoms with Crippen LogP contribution in [0.2, 0.25) is 0 Å². The van der Waals surface area contributed by atoms with Crippen LogP contribution in [-0.2, 0) is 57.5 Å². The van der Waals surface area contributed by atoms with Crippen LogP contribution < -0.4 is 21.3 Å². The third-order valence-corrected chi connectivity index (χ3v) is 21.9. The summed E-state index contributed by atoms with van der Waals surface area (Å²) in [7, 11) is 8.20. The molecule has 0 spiro atoms. The number of carbonyl (C=O) groups excluding carboxylic acids is 12. The SMILES string of the molecule is C#CC[C@@H]1NC(=O)[C@H](CC2CCCC(I)C2)NC(=O)CN(C)C(=O)[C@H](CC2CCC(C(F)(F)F)CC2)N(C)C(=O)[C@@H]2CCN2C(=O)CN(C)C(=O)[C@H]([C@@H](C)CC)NC(=O)[C@H](CC(C)C)N(C)C(=O)C[C@@H](C(=O)N2CCCCC2)N(C)C(=O)[C@H](CC(C)C)NC(=O)C(C)(C)N(C)C1=O. The van der Waals surface area contributed by atoms with Crippen LogP contribution in [0.4, 0.5) is 13.2 Å². The largest absolute Gasteiger partial charge is 0.391 e. The van der Waals surface area contributed by atoms with Gasteiger partial charge in [-0.25, -0.2) is 0 Å². The van der Waals surface area contributed by atoms with Gasteiger partial charge in [0, 0.05) is 72.3 Å². The highest BCUT2D eigenvalue weighted by molar-refractivity contribution is 14.1. The Morgan fingerprint density at radius 1 is 0.619 bits per heavy atom. The van der Waals surface area contributed by atoms with E-state index in [9.17, 15) is 65.9 Å². The minimum atomic E-state index is -4.42. The monoisotopic (exact) mass is 1480 g/mol. The van der Waals surface area contributed by atoms with Crippen molar-refractivity contribution in [2.45, 2.75) is 241 Å². The van der Waals surface area contributed by atoms with E-state index in [2.05, 4.69) is 49.8 Å². The van der Waals surface area contributed by atoms with E-state index in [1.807, 2.05) is 34.6 Å². The summed E-state index contributed by atoms with van der Waals surface area (Å²) >= 11 is 2.35. The number of fused-ring (bicyclic) bond motifs is 1. The van der Waals surface area contributed by atoms with Gasteiger partial charge in [0.15, 0.2) is 0 Å². The zero-order chi connectivity index (χ0) is 72.7. The van der Waals surface area contributed by atoms with E-state index in [-0.39, 0.29) is 92.4 Å². The maximum absolute atomic E-state index is 15.1. The molecule has 0 radical (unpaired) electrons. The summed E-state index contributed by atoms with van der Waals surface area (Å²) in [6, 6.07) is -10.4. The van der Waals surface area contributed by atoms with E-state index >= 15 is 4.79 Å². The number of rotatable bonds is 12. The molecule has 0 aromatic carbocycles. The van der Waals surface area contributed by atoms with Gasteiger partial charge in [0.1, 0.15) is 53.9 Å². The Balaban J connectivity index is 1.60. The van der Waals surface area contributed by atoms with Crippen molar-refractivity contribution >= 4 is 93.5 Å². The lowest BCUT2D eigenvalue weighted by Crippen LogP contribution is -2.64. The third kappa shape index (κ3) is 21.9. The Labute approximate surface area is 586 Å². The average molecular weight is 1480 g/mol. The van der Waals surface area contributed by atoms with Gasteiger partial charge in [-0.05, 0) is 133 Å². The van der Waals surface area contributed by atoms with Crippen LogP contribution in [0.5, 0.6) is 0 Å². The molecule has 3 aliphatic heterocycles. The molecule has 0 aromatic rings. The zero-order valence-corrected chi connectivity index (χ0v) is 61.9. The summed E-state index contributed by atoms with van der Waals surface area (Å²) in [5.41, 5.74) is -1.77. The van der Waals surface area contributed by atoms with E-state index in [4.69, 9.17) is 6.42 Å². The van der Waals surface area contributed by atoms with Gasteiger partial charge in [0.2, 0.25) is 70.9 Å². The predicted molar refractivity (Wildman–Crippen MR) is 367 cm³/mol. The number of likely N-dealkylation sites (tertiary alicyclic amines) is 1. The van der Waals surface area contributed by atoms with Crippen molar-refractivity contribution in [2.24, 2.45) is 35.5 Å². The second kappa shape index (κ2) is 36.2. The molecule has 12 amide bonds. The Morgan fingerprint density at radius 3 is 1.79 bits per heavy atom. The van der Waals surface area contributed by atoms with Crippen LogP contribution >= 0.6 is 22.6 Å². The van der Waals surface area contributed by atoms with E-state index < -0.39 is 168 Å². The summed E-state index contributed by atoms with van der Waals surface area (Å²) in [4.78, 5) is 187. The van der Waals surface area contributed by atoms with Crippen LogP contribution in [0.1, 0.15) is 177 Å². The summed E-state index contributed by atoms with van der Waals surface area (Å²) in [6.45, 7) is 13.4. The van der Waals surface area contributed by atoms with E-state index in [1.54, 1.807) is 11.8 Å². The fourth-order valence-corrected chi connectivity index (χ4v) is 15.1. The Hall–Kier alpha value is -6.28. The Kier molecular flexibility index (Phi) is 30.4. The molecule has 5 aliphatic rings. The van der Waals surface area contributed by atoms with Gasteiger partial charge in [-0.3, -0.25) is 57.5 Å². The van der Waals surface area contributed by atoms with Crippen LogP contribution in [0.3, 0.4) is 0 Å². The normalized spacial score (nSPS) is 29.9. The minimum Gasteiger partial charge on any atom is -0.343 e. The van der Waals surface area contributed by atoms with Gasteiger partial charge in [-0.2, -0.15) is 13.2 Å². The molecule has 3 saturated heterocycles. The highest BCUT2D eigenvalue weighted by Crippen LogP contribution is 2.41. The summed E-state index contributed by atoms with van der Waals surface area (Å²) in [5, 5.41) is 11.2. The molecule has 97 heavy (non-hydrogen) atoms. The zero-order valence-electron chi connectivity index (χ0n) is 59.7. The number of halogens is 4. The fourth-order valence-electron chi connectivity index (χ4n) is 13.9. The molecule has 0 aromatic heterocycles. The first-order valence-electron chi connectivity index (χ1n) is 34.8. The number of likely N-dealkylation sites (N-methyl/N-ethyl adjacent to an activating group) is 6. The lowest BCUT2D eigenvalue weighted by molar-refractivity contribution is -0.184. The molecule has 546 valence electrons. The van der Waals surface area contributed by atoms with Crippen molar-refractivity contribution < 1.29 is 70.7 Å². The predicted octanol–water partition coefficient (Wildman–Crippen LogP) is 4.88. The molecule has 2 saturated carbocycles. The maximum atomic E-state index is 15.1. The van der Waals surface area contributed by atoms with Crippen molar-refractivity contribution in [2.75, 3.05) is 75.0 Å². The van der Waals surface area contributed by atoms with Crippen LogP contribution in [0.25, 0.3) is 0 Å². The molecule has 11 atom stereocenters. The fraction of sp³-hybridized carbons (Fsp3) is 0.797. The standard InChI is InChI=1S/C69H110F3IN12O12/c1-16-22-48-62(92)83(15)68(8,9)67(97)76-50(33-41(3)4)61(91)81(13)54(65(95)84-30-19-18-20-31-84)38-56(87)80(12)52(34-42(5)6)60(90)77-58(43(7)17-2)66(96)79(11)40-57(88)85-32-29-51(85)64(94)82(14)53(37-44-25-27-46(28-26-44)69(70,71)72)63(93)78(10)39-55(86)74-49(59(89)75-48)36-45-23-21-24-47(73)35-45/h1,41-54,58H,17-40H2,2-15H3,(H,74,86)(H,75,89)(H,76,97)(H,77,90)/t43-,44?,45?,46?,47?,48-,49-,50-,51-,52-,53-,54-,58-/m0/s1. The quantitative estimate of drug-likeness (QED) is 0.116. The van der Waals surface area contributed by atoms with Crippen molar-refractivity contribution in [1.82, 2.24) is 60.5 Å². The molecular weight excluding hydrogens is 1370 g/mol. The van der Waals surface area contributed by atoms with Gasteiger partial charge < -0.3 is 60.5 Å². The maximum Gasteiger partial charge on any atom is 0.391 e. The lowest BCUT2D eigenvalue weighted by atomic mass is 9.78. The number of hydrogen-bond donors (Lipinski definition) is 4. The van der Waals surface area contributed by atoms with Gasteiger partial charge in [-0.1, -0.05) is 83.4 Å². The van der Waals surface area contributed by atoms with Gasteiger partial charge in [-0.15, -0.1) is 12.3 Å². The van der Waals surface area contributed by atoms with Crippen molar-refractivity contribution in [3.8, 4) is 12.3 Å². The van der Waals surface area contributed by atoms with Crippen molar-refractivity contribution in [3.05, 3.63) is 0 Å². The summed E-state index contributed by atoms with van der Waals surface area (Å²) < 4.78 is 42.0. The highest BCUT2D eigenvalue weighted by atomic mass is 127. The van der Waals surface area contributed by atoms with E-state index in [0.717, 1.165) is 45.3 Å². The third-order valence-electron chi connectivity index (χ3n) is 20.8. The first kappa shape index (κ1) is 81.4. The smallest absolute Gasteiger partial charge is 0.343 e.